The van der Waals surface area contributed by atoms with Crippen LogP contribution in [0.2, 0.25) is 0 Å². The minimum atomic E-state index is -3.68. The van der Waals surface area contributed by atoms with E-state index in [1.165, 1.54) is 18.9 Å². The Bertz CT molecular complexity index is 1100. The normalized spacial score (nSPS) is 13.3. The van der Waals surface area contributed by atoms with Crippen molar-refractivity contribution in [2.75, 3.05) is 20.0 Å². The van der Waals surface area contributed by atoms with Gasteiger partial charge in [-0.3, -0.25) is 4.79 Å². The number of alkyl carbamates (subject to hydrolysis) is 1. The molecule has 0 spiro atoms. The van der Waals surface area contributed by atoms with E-state index in [-0.39, 0.29) is 18.8 Å². The Morgan fingerprint density at radius 1 is 0.973 bits per heavy atom. The number of benzene rings is 2. The number of esters is 1. The monoisotopic (exact) mass is 552 g/mol. The van der Waals surface area contributed by atoms with Gasteiger partial charge in [0, 0.05) is 11.3 Å². The van der Waals surface area contributed by atoms with E-state index >= 15 is 0 Å². The Morgan fingerprint density at radius 3 is 2.19 bits per heavy atom. The number of carbonyl (C=O) groups is 2. The molecule has 2 N–H and O–H groups in total. The summed E-state index contributed by atoms with van der Waals surface area (Å²) >= 11 is 1.25. The SMILES string of the molecule is COC(=O)[C@@H](SCc1ccc(OC)cc1)[C@H](CCS(=O)(=O)NC(C)(C)C)NC(=O)OCc1ccccc1. The second-order valence-electron chi connectivity index (χ2n) is 9.38. The zero-order valence-electron chi connectivity index (χ0n) is 21.9. The van der Waals surface area contributed by atoms with Gasteiger partial charge in [0.15, 0.2) is 0 Å². The second-order valence-corrected chi connectivity index (χ2v) is 12.3. The van der Waals surface area contributed by atoms with Crippen molar-refractivity contribution in [1.82, 2.24) is 10.0 Å². The summed E-state index contributed by atoms with van der Waals surface area (Å²) in [6.45, 7) is 5.25. The van der Waals surface area contributed by atoms with Crippen LogP contribution >= 0.6 is 11.8 Å². The number of rotatable bonds is 13. The minimum absolute atomic E-state index is 0.0266. The molecule has 0 aliphatic heterocycles. The van der Waals surface area contributed by atoms with E-state index < -0.39 is 38.9 Å². The summed E-state index contributed by atoms with van der Waals surface area (Å²) in [4.78, 5) is 25.4. The third-order valence-electron chi connectivity index (χ3n) is 5.06. The van der Waals surface area contributed by atoms with E-state index in [2.05, 4.69) is 10.0 Å². The van der Waals surface area contributed by atoms with E-state index in [1.54, 1.807) is 27.9 Å². The maximum Gasteiger partial charge on any atom is 0.407 e. The first-order chi connectivity index (χ1) is 17.4. The average molecular weight is 553 g/mol. The summed E-state index contributed by atoms with van der Waals surface area (Å²) in [5.74, 6) is 0.252. The lowest BCUT2D eigenvalue weighted by molar-refractivity contribution is -0.140. The van der Waals surface area contributed by atoms with Gasteiger partial charge in [0.1, 0.15) is 17.6 Å². The summed E-state index contributed by atoms with van der Waals surface area (Å²) in [5, 5.41) is 1.82. The lowest BCUT2D eigenvalue weighted by atomic mass is 10.1. The first kappa shape index (κ1) is 30.5. The van der Waals surface area contributed by atoms with E-state index in [0.717, 1.165) is 11.1 Å². The number of nitrogens with one attached hydrogen (secondary N) is 2. The van der Waals surface area contributed by atoms with Crippen LogP contribution in [0.1, 0.15) is 38.3 Å². The van der Waals surface area contributed by atoms with Gasteiger partial charge in [0.25, 0.3) is 0 Å². The summed E-state index contributed by atoms with van der Waals surface area (Å²) in [6.07, 6.45) is -0.782. The Morgan fingerprint density at radius 2 is 1.62 bits per heavy atom. The third kappa shape index (κ3) is 11.4. The molecule has 2 aromatic carbocycles. The summed E-state index contributed by atoms with van der Waals surface area (Å²) in [5.41, 5.74) is 1.05. The van der Waals surface area contributed by atoms with E-state index in [4.69, 9.17) is 14.2 Å². The quantitative estimate of drug-likeness (QED) is 0.360. The topological polar surface area (TPSA) is 120 Å². The summed E-state index contributed by atoms with van der Waals surface area (Å²) in [7, 11) is -0.851. The van der Waals surface area contributed by atoms with Gasteiger partial charge in [-0.25, -0.2) is 17.9 Å². The fourth-order valence-corrected chi connectivity index (χ4v) is 6.22. The second kappa shape index (κ2) is 14.3. The predicted octanol–water partition coefficient (Wildman–Crippen LogP) is 3.87. The number of hydrogen-bond donors (Lipinski definition) is 2. The number of methoxy groups -OCH3 is 2. The van der Waals surface area contributed by atoms with E-state index in [1.807, 2.05) is 54.6 Å². The molecule has 0 heterocycles. The van der Waals surface area contributed by atoms with E-state index in [9.17, 15) is 18.0 Å². The molecule has 11 heteroatoms. The Kier molecular flexibility index (Phi) is 11.7. The highest BCUT2D eigenvalue weighted by atomic mass is 32.2. The molecule has 0 bridgehead atoms. The third-order valence-corrected chi connectivity index (χ3v) is 8.14. The van der Waals surface area contributed by atoms with Gasteiger partial charge in [-0.15, -0.1) is 11.8 Å². The molecule has 0 aliphatic carbocycles. The smallest absolute Gasteiger partial charge is 0.407 e. The molecule has 0 saturated carbocycles. The number of ether oxygens (including phenoxy) is 3. The maximum atomic E-state index is 12.8. The molecule has 0 aliphatic rings. The molecule has 0 radical (unpaired) electrons. The molecule has 37 heavy (non-hydrogen) atoms. The van der Waals surface area contributed by atoms with Crippen molar-refractivity contribution in [2.24, 2.45) is 0 Å². The molecule has 2 atom stereocenters. The summed E-state index contributed by atoms with van der Waals surface area (Å²) in [6, 6.07) is 15.6. The summed E-state index contributed by atoms with van der Waals surface area (Å²) < 4.78 is 43.4. The van der Waals surface area contributed by atoms with Crippen LogP contribution in [0.4, 0.5) is 4.79 Å². The van der Waals surface area contributed by atoms with Gasteiger partial charge < -0.3 is 19.5 Å². The van der Waals surface area contributed by atoms with Crippen molar-refractivity contribution in [3.63, 3.8) is 0 Å². The first-order valence-corrected chi connectivity index (χ1v) is 14.4. The molecule has 0 aromatic heterocycles. The zero-order chi connectivity index (χ0) is 27.5. The molecule has 2 rings (SSSR count). The van der Waals surface area contributed by atoms with Crippen LogP contribution < -0.4 is 14.8 Å². The number of hydrogen-bond acceptors (Lipinski definition) is 8. The molecule has 2 aromatic rings. The fraction of sp³-hybridized carbons (Fsp3) is 0.462. The molecular formula is C26H36N2O7S2. The molecule has 9 nitrogen and oxygen atoms in total. The largest absolute Gasteiger partial charge is 0.497 e. The van der Waals surface area contributed by atoms with E-state index in [0.29, 0.717) is 11.5 Å². The van der Waals surface area contributed by atoms with Crippen molar-refractivity contribution < 1.29 is 32.2 Å². The molecular weight excluding hydrogens is 516 g/mol. The lowest BCUT2D eigenvalue weighted by Crippen LogP contribution is -2.48. The minimum Gasteiger partial charge on any atom is -0.497 e. The van der Waals surface area contributed by atoms with Crippen molar-refractivity contribution in [2.45, 2.75) is 56.4 Å². The van der Waals surface area contributed by atoms with Gasteiger partial charge in [0.05, 0.1) is 26.0 Å². The van der Waals surface area contributed by atoms with Crippen LogP contribution in [0.15, 0.2) is 54.6 Å². The number of thioether (sulfide) groups is 1. The highest BCUT2D eigenvalue weighted by Gasteiger charge is 2.33. The van der Waals surface area contributed by atoms with Crippen LogP contribution in [0.3, 0.4) is 0 Å². The average Bonchev–Trinajstić information content (AvgIpc) is 2.85. The van der Waals surface area contributed by atoms with Crippen LogP contribution in [-0.2, 0) is 36.7 Å². The number of sulfonamides is 1. The van der Waals surface area contributed by atoms with Crippen molar-refractivity contribution in [3.05, 3.63) is 65.7 Å². The predicted molar refractivity (Wildman–Crippen MR) is 145 cm³/mol. The van der Waals surface area contributed by atoms with Gasteiger partial charge in [-0.2, -0.15) is 0 Å². The molecule has 0 saturated heterocycles. The van der Waals surface area contributed by atoms with Gasteiger partial charge in [0.2, 0.25) is 10.0 Å². The fourth-order valence-electron chi connectivity index (χ4n) is 3.39. The molecule has 204 valence electrons. The molecule has 0 unspecified atom stereocenters. The van der Waals surface area contributed by atoms with Crippen molar-refractivity contribution in [3.8, 4) is 5.75 Å². The van der Waals surface area contributed by atoms with Crippen LogP contribution in [-0.4, -0.2) is 57.3 Å². The van der Waals surface area contributed by atoms with Crippen molar-refractivity contribution in [1.29, 1.82) is 0 Å². The van der Waals surface area contributed by atoms with Gasteiger partial charge >= 0.3 is 12.1 Å². The zero-order valence-corrected chi connectivity index (χ0v) is 23.5. The van der Waals surface area contributed by atoms with Gasteiger partial charge in [-0.05, 0) is 50.5 Å². The highest BCUT2D eigenvalue weighted by molar-refractivity contribution is 7.99. The lowest BCUT2D eigenvalue weighted by Gasteiger charge is -2.27. The van der Waals surface area contributed by atoms with Crippen LogP contribution in [0.25, 0.3) is 0 Å². The van der Waals surface area contributed by atoms with Gasteiger partial charge in [-0.1, -0.05) is 42.5 Å². The van der Waals surface area contributed by atoms with Crippen molar-refractivity contribution >= 4 is 33.8 Å². The van der Waals surface area contributed by atoms with Crippen LogP contribution in [0, 0.1) is 0 Å². The van der Waals surface area contributed by atoms with Crippen LogP contribution in [0.5, 0.6) is 5.75 Å². The Balaban J connectivity index is 2.18. The first-order valence-electron chi connectivity index (χ1n) is 11.7. The Hall–Kier alpha value is -2.76. The Labute approximate surface area is 223 Å². The number of amides is 1. The highest BCUT2D eigenvalue weighted by Crippen LogP contribution is 2.25. The number of carbonyl (C=O) groups excluding carboxylic acids is 2. The molecule has 0 fully saturated rings. The maximum absolute atomic E-state index is 12.8. The standard InChI is InChI=1S/C26H36N2O7S2/c1-26(2,3)28-37(31,32)16-15-22(27-25(30)35-17-19-9-7-6-8-10-19)23(24(29)34-5)36-18-20-11-13-21(33-4)14-12-20/h6-14,22-23,28H,15-18H2,1-5H3,(H,27,30)/t22-,23-/m0/s1. The molecule has 1 amide bonds.